The van der Waals surface area contributed by atoms with Crippen LogP contribution in [0.3, 0.4) is 0 Å². The Morgan fingerprint density at radius 3 is 2.79 bits per heavy atom. The molecular formula is C14H13ClO4. The maximum absolute atomic E-state index is 12.1. The van der Waals surface area contributed by atoms with Crippen LogP contribution in [0.15, 0.2) is 24.3 Å². The number of allylic oxidation sites excluding steroid dienone is 1. The highest BCUT2D eigenvalue weighted by Crippen LogP contribution is 2.34. The number of fused-ring (bicyclic) bond motifs is 1. The second-order valence-electron chi connectivity index (χ2n) is 4.37. The van der Waals surface area contributed by atoms with Crippen molar-refractivity contribution in [3.63, 3.8) is 0 Å². The molecule has 5 heteroatoms. The summed E-state index contributed by atoms with van der Waals surface area (Å²) in [4.78, 5) is 23.0. The van der Waals surface area contributed by atoms with E-state index in [2.05, 4.69) is 6.58 Å². The molecule has 0 amide bonds. The fourth-order valence-corrected chi connectivity index (χ4v) is 2.17. The highest BCUT2D eigenvalue weighted by atomic mass is 35.5. The van der Waals surface area contributed by atoms with Crippen molar-refractivity contribution in [2.45, 2.75) is 25.9 Å². The van der Waals surface area contributed by atoms with Crippen LogP contribution in [0, 0.1) is 0 Å². The molecule has 100 valence electrons. The topological polar surface area (TPSA) is 63.6 Å². The smallest absolute Gasteiger partial charge is 0.345 e. The average molecular weight is 281 g/mol. The lowest BCUT2D eigenvalue weighted by Gasteiger charge is -2.07. The van der Waals surface area contributed by atoms with Gasteiger partial charge in [-0.2, -0.15) is 0 Å². The summed E-state index contributed by atoms with van der Waals surface area (Å²) >= 11 is 6.04. The third-order valence-electron chi connectivity index (χ3n) is 3.09. The Morgan fingerprint density at radius 1 is 1.53 bits per heavy atom. The molecule has 1 aromatic rings. The van der Waals surface area contributed by atoms with E-state index in [4.69, 9.17) is 21.4 Å². The molecule has 0 aliphatic carbocycles. The molecule has 0 fully saturated rings. The first kappa shape index (κ1) is 13.6. The van der Waals surface area contributed by atoms with Crippen LogP contribution in [0.4, 0.5) is 0 Å². The summed E-state index contributed by atoms with van der Waals surface area (Å²) in [6, 6.07) is 3.10. The van der Waals surface area contributed by atoms with E-state index in [1.165, 1.54) is 6.07 Å². The van der Waals surface area contributed by atoms with Crippen molar-refractivity contribution in [2.24, 2.45) is 0 Å². The lowest BCUT2D eigenvalue weighted by atomic mass is 9.99. The maximum Gasteiger partial charge on any atom is 0.345 e. The van der Waals surface area contributed by atoms with Crippen molar-refractivity contribution in [1.29, 1.82) is 0 Å². The Kier molecular flexibility index (Phi) is 3.62. The average Bonchev–Trinajstić information content (AvgIpc) is 2.78. The predicted molar refractivity (Wildman–Crippen MR) is 71.0 cm³/mol. The zero-order valence-corrected chi connectivity index (χ0v) is 11.2. The van der Waals surface area contributed by atoms with Crippen molar-refractivity contribution >= 4 is 23.4 Å². The molecular weight excluding hydrogens is 268 g/mol. The van der Waals surface area contributed by atoms with Crippen LogP contribution < -0.4 is 4.74 Å². The minimum Gasteiger partial charge on any atom is -0.478 e. The van der Waals surface area contributed by atoms with Crippen molar-refractivity contribution in [2.75, 3.05) is 0 Å². The van der Waals surface area contributed by atoms with Crippen LogP contribution in [-0.2, 0) is 11.2 Å². The number of Topliss-reactive ketones (excluding diaryl/α,β-unsaturated/α-hetero) is 1. The van der Waals surface area contributed by atoms with Crippen LogP contribution >= 0.6 is 11.6 Å². The zero-order valence-electron chi connectivity index (χ0n) is 10.4. The molecule has 0 bridgehead atoms. The first-order valence-electron chi connectivity index (χ1n) is 5.88. The summed E-state index contributed by atoms with van der Waals surface area (Å²) in [6.07, 6.45) is -0.132. The van der Waals surface area contributed by atoms with Crippen molar-refractivity contribution < 1.29 is 19.4 Å². The molecule has 1 atom stereocenters. The van der Waals surface area contributed by atoms with Crippen molar-refractivity contribution in [1.82, 2.24) is 0 Å². The Morgan fingerprint density at radius 2 is 2.21 bits per heavy atom. The van der Waals surface area contributed by atoms with Gasteiger partial charge in [0.15, 0.2) is 11.9 Å². The maximum atomic E-state index is 12.1. The highest BCUT2D eigenvalue weighted by molar-refractivity contribution is 6.35. The fourth-order valence-electron chi connectivity index (χ4n) is 1.93. The lowest BCUT2D eigenvalue weighted by molar-refractivity contribution is -0.144. The minimum atomic E-state index is -1.03. The van der Waals surface area contributed by atoms with Crippen molar-refractivity contribution in [3.8, 4) is 5.75 Å². The summed E-state index contributed by atoms with van der Waals surface area (Å²) in [5.74, 6) is -0.816. The molecule has 2 rings (SSSR count). The van der Waals surface area contributed by atoms with E-state index in [-0.39, 0.29) is 17.2 Å². The number of carbonyl (C=O) groups excluding carboxylic acids is 1. The number of carboxylic acid groups (broad SMARTS) is 1. The van der Waals surface area contributed by atoms with Gasteiger partial charge in [0.2, 0.25) is 0 Å². The van der Waals surface area contributed by atoms with E-state index in [1.807, 2.05) is 6.92 Å². The van der Waals surface area contributed by atoms with Crippen molar-refractivity contribution in [3.05, 3.63) is 40.4 Å². The van der Waals surface area contributed by atoms with Gasteiger partial charge in [0.1, 0.15) is 5.75 Å². The van der Waals surface area contributed by atoms with Crippen LogP contribution in [0.25, 0.3) is 0 Å². The van der Waals surface area contributed by atoms with Crippen LogP contribution in [0.2, 0.25) is 5.02 Å². The second-order valence-corrected chi connectivity index (χ2v) is 4.78. The van der Waals surface area contributed by atoms with Gasteiger partial charge in [0.05, 0.1) is 5.02 Å². The summed E-state index contributed by atoms with van der Waals surface area (Å²) in [7, 11) is 0. The predicted octanol–water partition coefficient (Wildman–Crippen LogP) is 2.88. The van der Waals surface area contributed by atoms with Gasteiger partial charge in [-0.3, -0.25) is 4.79 Å². The standard InChI is InChI=1S/C14H13ClO4/c1-3-7(2)13(16)9-4-8-5-12(14(17)18)19-11(8)6-10(9)15/h4,6,12H,2-3,5H2,1H3,(H,17,18). The van der Waals surface area contributed by atoms with Gasteiger partial charge in [-0.1, -0.05) is 25.1 Å². The van der Waals surface area contributed by atoms with E-state index >= 15 is 0 Å². The molecule has 1 aromatic carbocycles. The van der Waals surface area contributed by atoms with Gasteiger partial charge in [0, 0.05) is 12.0 Å². The number of benzene rings is 1. The van der Waals surface area contributed by atoms with Gasteiger partial charge in [0.25, 0.3) is 0 Å². The van der Waals surface area contributed by atoms with E-state index < -0.39 is 12.1 Å². The molecule has 0 aromatic heterocycles. The molecule has 0 saturated carbocycles. The van der Waals surface area contributed by atoms with E-state index in [0.717, 1.165) is 0 Å². The van der Waals surface area contributed by atoms with E-state index in [1.54, 1.807) is 6.07 Å². The highest BCUT2D eigenvalue weighted by Gasteiger charge is 2.30. The molecule has 0 saturated heterocycles. The Balaban J connectivity index is 2.37. The largest absolute Gasteiger partial charge is 0.478 e. The van der Waals surface area contributed by atoms with Crippen LogP contribution in [-0.4, -0.2) is 23.0 Å². The molecule has 1 unspecified atom stereocenters. The zero-order chi connectivity index (χ0) is 14.2. The van der Waals surface area contributed by atoms with E-state index in [9.17, 15) is 9.59 Å². The molecule has 19 heavy (non-hydrogen) atoms. The van der Waals surface area contributed by atoms with Gasteiger partial charge in [-0.15, -0.1) is 0 Å². The molecule has 1 N–H and O–H groups in total. The van der Waals surface area contributed by atoms with E-state index in [0.29, 0.717) is 28.9 Å². The van der Waals surface area contributed by atoms with Crippen LogP contribution in [0.1, 0.15) is 29.3 Å². The summed E-state index contributed by atoms with van der Waals surface area (Å²) in [5, 5.41) is 9.17. The molecule has 1 aliphatic heterocycles. The minimum absolute atomic E-state index is 0.214. The molecule has 0 radical (unpaired) electrons. The number of ether oxygens (including phenoxy) is 1. The Hall–Kier alpha value is -1.81. The molecule has 1 heterocycles. The molecule has 4 nitrogen and oxygen atoms in total. The molecule has 0 spiro atoms. The van der Waals surface area contributed by atoms with Gasteiger partial charge in [-0.05, 0) is 29.7 Å². The number of ketones is 1. The first-order valence-corrected chi connectivity index (χ1v) is 6.26. The number of carboxylic acids is 1. The number of carbonyl (C=O) groups is 2. The second kappa shape index (κ2) is 5.05. The van der Waals surface area contributed by atoms with Gasteiger partial charge < -0.3 is 9.84 Å². The number of rotatable bonds is 4. The lowest BCUT2D eigenvalue weighted by Crippen LogP contribution is -2.24. The van der Waals surface area contributed by atoms with Gasteiger partial charge in [-0.25, -0.2) is 4.79 Å². The quantitative estimate of drug-likeness (QED) is 0.680. The normalized spacial score (nSPS) is 16.6. The number of halogens is 1. The summed E-state index contributed by atoms with van der Waals surface area (Å²) in [5.41, 5.74) is 1.50. The summed E-state index contributed by atoms with van der Waals surface area (Å²) in [6.45, 7) is 5.53. The van der Waals surface area contributed by atoms with Gasteiger partial charge >= 0.3 is 5.97 Å². The number of hydrogen-bond donors (Lipinski definition) is 1. The molecule has 1 aliphatic rings. The monoisotopic (exact) mass is 280 g/mol. The number of aliphatic carboxylic acids is 1. The third-order valence-corrected chi connectivity index (χ3v) is 3.41. The first-order chi connectivity index (χ1) is 8.93. The third kappa shape index (κ3) is 2.49. The fraction of sp³-hybridized carbons (Fsp3) is 0.286. The summed E-state index contributed by atoms with van der Waals surface area (Å²) < 4.78 is 5.25. The Bertz CT molecular complexity index is 577. The SMILES string of the molecule is C=C(CC)C(=O)c1cc2c(cc1Cl)OC(C(=O)O)C2. The Labute approximate surface area is 115 Å². The number of hydrogen-bond acceptors (Lipinski definition) is 3. The van der Waals surface area contributed by atoms with Crippen LogP contribution in [0.5, 0.6) is 5.75 Å².